The molecule has 1 aliphatic heterocycles. The van der Waals surface area contributed by atoms with Crippen molar-refractivity contribution in [2.24, 2.45) is 0 Å². The van der Waals surface area contributed by atoms with Crippen molar-refractivity contribution in [3.8, 4) is 5.69 Å². The Bertz CT molecular complexity index is 1040. The third kappa shape index (κ3) is 3.32. The van der Waals surface area contributed by atoms with Crippen molar-refractivity contribution in [2.45, 2.75) is 20.8 Å². The van der Waals surface area contributed by atoms with Gasteiger partial charge < -0.3 is 9.30 Å². The second kappa shape index (κ2) is 7.15. The van der Waals surface area contributed by atoms with Gasteiger partial charge in [-0.05, 0) is 56.2 Å². The number of aromatic nitrogens is 1. The molecule has 0 atom stereocenters. The summed E-state index contributed by atoms with van der Waals surface area (Å²) in [6.07, 6.45) is 1.44. The van der Waals surface area contributed by atoms with E-state index < -0.39 is 23.8 Å². The van der Waals surface area contributed by atoms with Crippen molar-refractivity contribution in [2.75, 3.05) is 7.11 Å². The maximum atomic E-state index is 12.0. The average Bonchev–Trinajstić information content (AvgIpc) is 2.91. The van der Waals surface area contributed by atoms with Crippen molar-refractivity contribution in [3.05, 3.63) is 57.9 Å². The molecule has 0 aliphatic carbocycles. The number of rotatable bonds is 3. The summed E-state index contributed by atoms with van der Waals surface area (Å²) in [4.78, 5) is 47.1. The van der Waals surface area contributed by atoms with Gasteiger partial charge in [-0.15, -0.1) is 0 Å². The number of urea groups is 1. The van der Waals surface area contributed by atoms with E-state index in [2.05, 4.69) is 10.6 Å². The monoisotopic (exact) mass is 381 g/mol. The van der Waals surface area contributed by atoms with Gasteiger partial charge in [0.25, 0.3) is 11.8 Å². The van der Waals surface area contributed by atoms with Gasteiger partial charge in [-0.25, -0.2) is 9.59 Å². The average molecular weight is 381 g/mol. The van der Waals surface area contributed by atoms with Crippen LogP contribution in [0.3, 0.4) is 0 Å². The maximum absolute atomic E-state index is 12.0. The van der Waals surface area contributed by atoms with E-state index in [1.807, 2.05) is 37.5 Å². The number of ether oxygens (including phenoxy) is 1. The number of barbiturate groups is 1. The molecule has 0 saturated carbocycles. The molecular weight excluding hydrogens is 362 g/mol. The second-order valence-corrected chi connectivity index (χ2v) is 6.45. The number of methoxy groups -OCH3 is 1. The van der Waals surface area contributed by atoms with Crippen LogP contribution in [0.15, 0.2) is 29.8 Å². The van der Waals surface area contributed by atoms with Crippen LogP contribution in [0.25, 0.3) is 11.8 Å². The highest BCUT2D eigenvalue weighted by Gasteiger charge is 2.28. The number of amides is 4. The van der Waals surface area contributed by atoms with Gasteiger partial charge in [-0.2, -0.15) is 0 Å². The first-order valence-corrected chi connectivity index (χ1v) is 8.49. The van der Waals surface area contributed by atoms with Crippen LogP contribution in [0, 0.1) is 20.8 Å². The van der Waals surface area contributed by atoms with E-state index >= 15 is 0 Å². The molecule has 1 aromatic carbocycles. The van der Waals surface area contributed by atoms with Crippen molar-refractivity contribution < 1.29 is 23.9 Å². The Labute approximate surface area is 161 Å². The van der Waals surface area contributed by atoms with E-state index in [-0.39, 0.29) is 5.57 Å². The Hall–Kier alpha value is -3.68. The van der Waals surface area contributed by atoms with Crippen LogP contribution in [0.4, 0.5) is 4.79 Å². The summed E-state index contributed by atoms with van der Waals surface area (Å²) in [5.74, 6) is -1.93. The zero-order chi connectivity index (χ0) is 20.6. The van der Waals surface area contributed by atoms with Crippen molar-refractivity contribution in [1.29, 1.82) is 0 Å². The maximum Gasteiger partial charge on any atom is 0.337 e. The first-order chi connectivity index (χ1) is 13.2. The van der Waals surface area contributed by atoms with Crippen LogP contribution in [0.1, 0.15) is 32.9 Å². The number of carbonyl (C=O) groups excluding carboxylic acids is 4. The van der Waals surface area contributed by atoms with E-state index in [1.165, 1.54) is 13.2 Å². The summed E-state index contributed by atoms with van der Waals surface area (Å²) in [5.41, 5.74) is 4.26. The summed E-state index contributed by atoms with van der Waals surface area (Å²) in [6, 6.07) is 6.23. The zero-order valence-electron chi connectivity index (χ0n) is 15.9. The van der Waals surface area contributed by atoms with Crippen LogP contribution in [0.2, 0.25) is 0 Å². The molecule has 0 spiro atoms. The van der Waals surface area contributed by atoms with Gasteiger partial charge in [0.05, 0.1) is 12.7 Å². The molecule has 1 fully saturated rings. The SMILES string of the molecule is COC(=O)c1ccc(C)c(-n2c(C)cc(C=C3C(=O)NC(=O)NC3=O)c2C)c1. The topological polar surface area (TPSA) is 106 Å². The summed E-state index contributed by atoms with van der Waals surface area (Å²) >= 11 is 0. The highest BCUT2D eigenvalue weighted by molar-refractivity contribution is 6.31. The smallest absolute Gasteiger partial charge is 0.337 e. The minimum atomic E-state index is -0.840. The highest BCUT2D eigenvalue weighted by atomic mass is 16.5. The minimum absolute atomic E-state index is 0.153. The lowest BCUT2D eigenvalue weighted by Crippen LogP contribution is -2.51. The van der Waals surface area contributed by atoms with Gasteiger partial charge >= 0.3 is 12.0 Å². The summed E-state index contributed by atoms with van der Waals surface area (Å²) in [6.45, 7) is 5.64. The molecule has 2 N–H and O–H groups in total. The second-order valence-electron chi connectivity index (χ2n) is 6.45. The van der Waals surface area contributed by atoms with Crippen LogP contribution in [-0.2, 0) is 14.3 Å². The Balaban J connectivity index is 2.10. The standard InChI is InChI=1S/C20H19N3O5/c1-10-5-6-13(19(26)28-4)9-16(10)23-11(2)7-14(12(23)3)8-15-17(24)21-20(27)22-18(15)25/h5-9H,1-4H3,(H2,21,22,24,25,27). The number of nitrogens with zero attached hydrogens (tertiary/aromatic N) is 1. The number of carbonyl (C=O) groups is 4. The first kappa shape index (κ1) is 19.1. The van der Waals surface area contributed by atoms with E-state index in [9.17, 15) is 19.2 Å². The van der Waals surface area contributed by atoms with Crippen molar-refractivity contribution >= 4 is 29.9 Å². The molecule has 0 bridgehead atoms. The lowest BCUT2D eigenvalue weighted by atomic mass is 10.1. The highest BCUT2D eigenvalue weighted by Crippen LogP contribution is 2.26. The fourth-order valence-electron chi connectivity index (χ4n) is 3.16. The molecule has 1 aliphatic rings. The number of esters is 1. The van der Waals surface area contributed by atoms with Crippen LogP contribution >= 0.6 is 0 Å². The lowest BCUT2D eigenvalue weighted by Gasteiger charge is -2.15. The molecule has 2 heterocycles. The molecule has 28 heavy (non-hydrogen) atoms. The lowest BCUT2D eigenvalue weighted by molar-refractivity contribution is -0.123. The van der Waals surface area contributed by atoms with Crippen LogP contribution < -0.4 is 10.6 Å². The molecule has 8 nitrogen and oxygen atoms in total. The van der Waals surface area contributed by atoms with Crippen LogP contribution in [-0.4, -0.2) is 35.5 Å². The molecule has 1 saturated heterocycles. The molecule has 144 valence electrons. The van der Waals surface area contributed by atoms with Gasteiger partial charge in [-0.3, -0.25) is 20.2 Å². The van der Waals surface area contributed by atoms with Gasteiger partial charge in [0.15, 0.2) is 0 Å². The zero-order valence-corrected chi connectivity index (χ0v) is 15.9. The minimum Gasteiger partial charge on any atom is -0.465 e. The Morgan fingerprint density at radius 2 is 1.68 bits per heavy atom. The Kier molecular flexibility index (Phi) is 4.87. The number of hydrogen-bond donors (Lipinski definition) is 2. The van der Waals surface area contributed by atoms with Gasteiger partial charge in [0, 0.05) is 17.1 Å². The largest absolute Gasteiger partial charge is 0.465 e. The predicted octanol–water partition coefficient (Wildman–Crippen LogP) is 1.94. The molecule has 3 rings (SSSR count). The normalized spacial score (nSPS) is 13.9. The molecule has 8 heteroatoms. The number of imide groups is 2. The van der Waals surface area contributed by atoms with E-state index in [0.717, 1.165) is 22.6 Å². The first-order valence-electron chi connectivity index (χ1n) is 8.49. The third-order valence-corrected chi connectivity index (χ3v) is 4.58. The molecule has 4 amide bonds. The van der Waals surface area contributed by atoms with Crippen LogP contribution in [0.5, 0.6) is 0 Å². The van der Waals surface area contributed by atoms with Gasteiger partial charge in [0.2, 0.25) is 0 Å². The summed E-state index contributed by atoms with van der Waals surface area (Å²) in [5, 5.41) is 4.10. The molecule has 2 aromatic rings. The number of benzene rings is 1. The predicted molar refractivity (Wildman–Crippen MR) is 101 cm³/mol. The molecular formula is C20H19N3O5. The number of aryl methyl sites for hydroxylation is 2. The van der Waals surface area contributed by atoms with E-state index in [4.69, 9.17) is 4.74 Å². The quantitative estimate of drug-likeness (QED) is 0.480. The summed E-state index contributed by atoms with van der Waals surface area (Å²) < 4.78 is 6.72. The molecule has 0 radical (unpaired) electrons. The van der Waals surface area contributed by atoms with Gasteiger partial charge in [0.1, 0.15) is 5.57 Å². The van der Waals surface area contributed by atoms with Crippen molar-refractivity contribution in [3.63, 3.8) is 0 Å². The number of hydrogen-bond acceptors (Lipinski definition) is 5. The van der Waals surface area contributed by atoms with E-state index in [1.54, 1.807) is 12.1 Å². The Morgan fingerprint density at radius 1 is 1.04 bits per heavy atom. The van der Waals surface area contributed by atoms with Gasteiger partial charge in [-0.1, -0.05) is 6.07 Å². The number of nitrogens with one attached hydrogen (secondary N) is 2. The third-order valence-electron chi connectivity index (χ3n) is 4.58. The molecule has 1 aromatic heterocycles. The van der Waals surface area contributed by atoms with E-state index in [0.29, 0.717) is 11.1 Å². The fourth-order valence-corrected chi connectivity index (χ4v) is 3.16. The summed E-state index contributed by atoms with van der Waals surface area (Å²) in [7, 11) is 1.32. The van der Waals surface area contributed by atoms with Crippen molar-refractivity contribution in [1.82, 2.24) is 15.2 Å². The Morgan fingerprint density at radius 3 is 2.29 bits per heavy atom. The molecule has 0 unspecified atom stereocenters. The fraction of sp³-hybridized carbons (Fsp3) is 0.200.